The van der Waals surface area contributed by atoms with Crippen LogP contribution in [0.5, 0.6) is 0 Å². The molecule has 1 aromatic carbocycles. The van der Waals surface area contributed by atoms with Crippen LogP contribution in [0.15, 0.2) is 24.3 Å². The number of nitrogen functional groups attached to an aromatic ring is 1. The summed E-state index contributed by atoms with van der Waals surface area (Å²) < 4.78 is 0. The average molecular weight is 208 g/mol. The van der Waals surface area contributed by atoms with E-state index in [4.69, 9.17) is 17.4 Å². The van der Waals surface area contributed by atoms with Gasteiger partial charge in [-0.15, -0.1) is 0 Å². The zero-order valence-corrected chi connectivity index (χ0v) is 8.47. The summed E-state index contributed by atoms with van der Waals surface area (Å²) in [6, 6.07) is 7.45. The fourth-order valence-corrected chi connectivity index (χ4v) is 1.62. The number of aryl methyl sites for hydroxylation is 1. The smallest absolute Gasteiger partial charge is 0.0741 e. The van der Waals surface area contributed by atoms with Gasteiger partial charge < -0.3 is 5.43 Å². The molecule has 0 aliphatic heterocycles. The third-order valence-electron chi connectivity index (χ3n) is 2.06. The second-order valence-electron chi connectivity index (χ2n) is 3.12. The Hall–Kier alpha value is -1.32. The first-order valence-electron chi connectivity index (χ1n) is 4.24. The van der Waals surface area contributed by atoms with Crippen molar-refractivity contribution in [2.45, 2.75) is 6.92 Å². The number of benzene rings is 1. The average Bonchev–Trinajstić information content (AvgIpc) is 2.15. The highest BCUT2D eigenvalue weighted by Gasteiger charge is 2.02. The van der Waals surface area contributed by atoms with Gasteiger partial charge in [0, 0.05) is 16.1 Å². The molecule has 0 unspecified atom stereocenters. The molecule has 0 radical (unpaired) electrons. The normalized spacial score (nSPS) is 10.5. The van der Waals surface area contributed by atoms with Gasteiger partial charge in [0.1, 0.15) is 0 Å². The molecule has 0 amide bonds. The number of hydrazine groups is 1. The van der Waals surface area contributed by atoms with Gasteiger partial charge in [-0.1, -0.05) is 11.6 Å². The van der Waals surface area contributed by atoms with Gasteiger partial charge in [-0.25, -0.2) is 0 Å². The number of halogens is 1. The molecular weight excluding hydrogens is 198 g/mol. The summed E-state index contributed by atoms with van der Waals surface area (Å²) in [4.78, 5) is 4.37. The Balaban J connectivity index is 2.81. The van der Waals surface area contributed by atoms with Gasteiger partial charge in [-0.05, 0) is 31.2 Å². The quantitative estimate of drug-likeness (QED) is 0.558. The number of nitrogens with one attached hydrogen (secondary N) is 1. The van der Waals surface area contributed by atoms with Crippen LogP contribution in [0.25, 0.3) is 10.9 Å². The molecule has 72 valence electrons. The van der Waals surface area contributed by atoms with E-state index < -0.39 is 0 Å². The zero-order chi connectivity index (χ0) is 10.1. The highest BCUT2D eigenvalue weighted by Crippen LogP contribution is 2.24. The highest BCUT2D eigenvalue weighted by atomic mass is 35.5. The Morgan fingerprint density at radius 1 is 1.36 bits per heavy atom. The summed E-state index contributed by atoms with van der Waals surface area (Å²) in [6.45, 7) is 1.92. The van der Waals surface area contributed by atoms with Crippen LogP contribution in [-0.2, 0) is 0 Å². The second-order valence-corrected chi connectivity index (χ2v) is 3.55. The van der Waals surface area contributed by atoms with E-state index in [0.29, 0.717) is 5.02 Å². The van der Waals surface area contributed by atoms with Gasteiger partial charge in [0.25, 0.3) is 0 Å². The predicted molar refractivity (Wildman–Crippen MR) is 59.3 cm³/mol. The Kier molecular flexibility index (Phi) is 2.27. The molecule has 0 atom stereocenters. The van der Waals surface area contributed by atoms with Gasteiger partial charge in [-0.3, -0.25) is 10.8 Å². The molecule has 4 heteroatoms. The van der Waals surface area contributed by atoms with Crippen LogP contribution in [0.1, 0.15) is 5.69 Å². The zero-order valence-electron chi connectivity index (χ0n) is 7.71. The van der Waals surface area contributed by atoms with Crippen LogP contribution in [0.3, 0.4) is 0 Å². The van der Waals surface area contributed by atoms with Crippen LogP contribution in [0.4, 0.5) is 5.69 Å². The first kappa shape index (κ1) is 9.24. The van der Waals surface area contributed by atoms with E-state index in [1.165, 1.54) is 0 Å². The molecule has 0 spiro atoms. The molecule has 3 N–H and O–H groups in total. The standard InChI is InChI=1S/C10H10ClN3/c1-6-4-10(14-12)8-3-2-7(11)5-9(8)13-6/h2-5H,12H2,1H3,(H,13,14). The summed E-state index contributed by atoms with van der Waals surface area (Å²) in [5.41, 5.74) is 5.27. The molecule has 0 saturated heterocycles. The fraction of sp³-hybridized carbons (Fsp3) is 0.100. The molecule has 2 aromatic rings. The largest absolute Gasteiger partial charge is 0.323 e. The van der Waals surface area contributed by atoms with E-state index in [2.05, 4.69) is 10.4 Å². The molecule has 0 bridgehead atoms. The maximum absolute atomic E-state index is 5.87. The first-order chi connectivity index (χ1) is 6.70. The van der Waals surface area contributed by atoms with E-state index >= 15 is 0 Å². The third-order valence-corrected chi connectivity index (χ3v) is 2.29. The van der Waals surface area contributed by atoms with Crippen molar-refractivity contribution in [1.82, 2.24) is 4.98 Å². The molecule has 0 saturated carbocycles. The second kappa shape index (κ2) is 3.44. The number of nitrogens with two attached hydrogens (primary N) is 1. The van der Waals surface area contributed by atoms with Gasteiger partial charge in [-0.2, -0.15) is 0 Å². The summed E-state index contributed by atoms with van der Waals surface area (Å²) >= 11 is 5.87. The minimum atomic E-state index is 0.679. The van der Waals surface area contributed by atoms with Crippen molar-refractivity contribution in [2.24, 2.45) is 5.84 Å². The SMILES string of the molecule is Cc1cc(NN)c2ccc(Cl)cc2n1. The summed E-state index contributed by atoms with van der Waals surface area (Å²) in [5.74, 6) is 5.41. The van der Waals surface area contributed by atoms with E-state index in [0.717, 1.165) is 22.3 Å². The van der Waals surface area contributed by atoms with Gasteiger partial charge in [0.2, 0.25) is 0 Å². The molecule has 1 aromatic heterocycles. The van der Waals surface area contributed by atoms with Gasteiger partial charge >= 0.3 is 0 Å². The minimum absolute atomic E-state index is 0.679. The van der Waals surface area contributed by atoms with E-state index in [1.807, 2.05) is 31.2 Å². The number of pyridine rings is 1. The predicted octanol–water partition coefficient (Wildman–Crippen LogP) is 2.48. The van der Waals surface area contributed by atoms with Crippen molar-refractivity contribution in [3.8, 4) is 0 Å². The molecule has 0 aliphatic rings. The van der Waals surface area contributed by atoms with Crippen LogP contribution < -0.4 is 11.3 Å². The topological polar surface area (TPSA) is 50.9 Å². The third kappa shape index (κ3) is 1.52. The lowest BCUT2D eigenvalue weighted by molar-refractivity contribution is 1.24. The molecule has 0 fully saturated rings. The van der Waals surface area contributed by atoms with Crippen molar-refractivity contribution < 1.29 is 0 Å². The first-order valence-corrected chi connectivity index (χ1v) is 4.62. The lowest BCUT2D eigenvalue weighted by Gasteiger charge is -2.06. The number of aromatic nitrogens is 1. The van der Waals surface area contributed by atoms with E-state index in [1.54, 1.807) is 0 Å². The van der Waals surface area contributed by atoms with Crippen LogP contribution in [0, 0.1) is 6.92 Å². The number of fused-ring (bicyclic) bond motifs is 1. The lowest BCUT2D eigenvalue weighted by atomic mass is 10.1. The molecule has 3 nitrogen and oxygen atoms in total. The number of hydrogen-bond donors (Lipinski definition) is 2. The summed E-state index contributed by atoms with van der Waals surface area (Å²) in [5, 5.41) is 1.65. The number of rotatable bonds is 1. The summed E-state index contributed by atoms with van der Waals surface area (Å²) in [6.07, 6.45) is 0. The molecule has 0 aliphatic carbocycles. The van der Waals surface area contributed by atoms with Crippen LogP contribution in [-0.4, -0.2) is 4.98 Å². The van der Waals surface area contributed by atoms with Crippen LogP contribution in [0.2, 0.25) is 5.02 Å². The van der Waals surface area contributed by atoms with Crippen molar-refractivity contribution in [3.05, 3.63) is 35.0 Å². The summed E-state index contributed by atoms with van der Waals surface area (Å²) in [7, 11) is 0. The molecular formula is C10H10ClN3. The van der Waals surface area contributed by atoms with Crippen molar-refractivity contribution in [1.29, 1.82) is 0 Å². The van der Waals surface area contributed by atoms with Crippen molar-refractivity contribution in [3.63, 3.8) is 0 Å². The lowest BCUT2D eigenvalue weighted by Crippen LogP contribution is -2.07. The number of hydrogen-bond acceptors (Lipinski definition) is 3. The van der Waals surface area contributed by atoms with Crippen molar-refractivity contribution >= 4 is 28.2 Å². The van der Waals surface area contributed by atoms with E-state index in [9.17, 15) is 0 Å². The Morgan fingerprint density at radius 3 is 2.86 bits per heavy atom. The molecule has 2 rings (SSSR count). The Morgan fingerprint density at radius 2 is 2.14 bits per heavy atom. The maximum atomic E-state index is 5.87. The highest BCUT2D eigenvalue weighted by molar-refractivity contribution is 6.31. The molecule has 14 heavy (non-hydrogen) atoms. The van der Waals surface area contributed by atoms with Crippen LogP contribution >= 0.6 is 11.6 Å². The number of anilines is 1. The molecule has 1 heterocycles. The van der Waals surface area contributed by atoms with Crippen molar-refractivity contribution in [2.75, 3.05) is 5.43 Å². The monoisotopic (exact) mass is 207 g/mol. The van der Waals surface area contributed by atoms with E-state index in [-0.39, 0.29) is 0 Å². The minimum Gasteiger partial charge on any atom is -0.323 e. The van der Waals surface area contributed by atoms with Gasteiger partial charge in [0.15, 0.2) is 0 Å². The van der Waals surface area contributed by atoms with Gasteiger partial charge in [0.05, 0.1) is 11.2 Å². The Labute approximate surface area is 86.9 Å². The maximum Gasteiger partial charge on any atom is 0.0741 e. The Bertz CT molecular complexity index is 477. The fourth-order valence-electron chi connectivity index (χ4n) is 1.45. The number of nitrogens with zero attached hydrogens (tertiary/aromatic N) is 1.